The highest BCUT2D eigenvalue weighted by Gasteiger charge is 2.17. The summed E-state index contributed by atoms with van der Waals surface area (Å²) < 4.78 is 10.8. The predicted molar refractivity (Wildman–Crippen MR) is 89.0 cm³/mol. The van der Waals surface area contributed by atoms with Crippen LogP contribution in [0.2, 0.25) is 5.02 Å². The summed E-state index contributed by atoms with van der Waals surface area (Å²) in [5.74, 6) is -1.41. The average molecular weight is 350 g/mol. The lowest BCUT2D eigenvalue weighted by Gasteiger charge is -2.14. The van der Waals surface area contributed by atoms with Crippen molar-refractivity contribution in [3.05, 3.63) is 53.0 Å². The fourth-order valence-corrected chi connectivity index (χ4v) is 2.22. The number of nitrogens with zero attached hydrogens (tertiary/aromatic N) is 2. The van der Waals surface area contributed by atoms with Crippen LogP contribution in [-0.2, 0) is 19.1 Å². The van der Waals surface area contributed by atoms with E-state index in [-0.39, 0.29) is 5.70 Å². The molecule has 1 aromatic carbocycles. The van der Waals surface area contributed by atoms with Crippen molar-refractivity contribution in [2.45, 2.75) is 6.92 Å². The lowest BCUT2D eigenvalue weighted by Crippen LogP contribution is -2.16. The summed E-state index contributed by atoms with van der Waals surface area (Å²) >= 11 is 6.27. The highest BCUT2D eigenvalue weighted by Crippen LogP contribution is 2.29. The Bertz CT molecular complexity index is 798. The molecule has 1 heterocycles. The Balaban J connectivity index is 2.48. The average Bonchev–Trinajstić information content (AvgIpc) is 2.99. The molecule has 1 N–H and O–H groups in total. The van der Waals surface area contributed by atoms with Gasteiger partial charge in [-0.1, -0.05) is 17.7 Å². The van der Waals surface area contributed by atoms with Gasteiger partial charge in [0.1, 0.15) is 11.4 Å². The van der Waals surface area contributed by atoms with Gasteiger partial charge in [0.2, 0.25) is 0 Å². The Hall–Kier alpha value is -2.80. The quantitative estimate of drug-likeness (QED) is 0.659. The smallest absolute Gasteiger partial charge is 0.354 e. The maximum absolute atomic E-state index is 11.9. The zero-order chi connectivity index (χ0) is 17.7. The lowest BCUT2D eigenvalue weighted by atomic mass is 10.2. The van der Waals surface area contributed by atoms with Gasteiger partial charge in [0.15, 0.2) is 0 Å². The Kier molecular flexibility index (Phi) is 5.59. The third-order valence-corrected chi connectivity index (χ3v) is 3.37. The number of para-hydroxylation sites is 1. The molecule has 1 aromatic heterocycles. The molecular weight excluding hydrogens is 334 g/mol. The second-order valence-corrected chi connectivity index (χ2v) is 5.20. The van der Waals surface area contributed by atoms with Gasteiger partial charge in [0.25, 0.3) is 0 Å². The van der Waals surface area contributed by atoms with Gasteiger partial charge in [-0.05, 0) is 24.6 Å². The molecule has 0 fully saturated rings. The molecule has 8 heteroatoms. The highest BCUT2D eigenvalue weighted by atomic mass is 35.5. The summed E-state index contributed by atoms with van der Waals surface area (Å²) in [6.45, 7) is 1.89. The van der Waals surface area contributed by atoms with Crippen LogP contribution in [0.4, 0.5) is 5.69 Å². The maximum atomic E-state index is 11.9. The maximum Gasteiger partial charge on any atom is 0.354 e. The number of rotatable bonds is 5. The van der Waals surface area contributed by atoms with E-state index in [1.54, 1.807) is 35.3 Å². The van der Waals surface area contributed by atoms with Crippen molar-refractivity contribution in [3.8, 4) is 5.69 Å². The molecule has 24 heavy (non-hydrogen) atoms. The number of hydrogen-bond donors (Lipinski definition) is 1. The van der Waals surface area contributed by atoms with Crippen LogP contribution in [0, 0.1) is 6.92 Å². The molecule has 0 bridgehead atoms. The number of halogens is 1. The van der Waals surface area contributed by atoms with Crippen molar-refractivity contribution in [3.63, 3.8) is 0 Å². The van der Waals surface area contributed by atoms with Gasteiger partial charge in [0.05, 0.1) is 37.2 Å². The molecule has 2 aromatic rings. The van der Waals surface area contributed by atoms with Crippen molar-refractivity contribution in [1.82, 2.24) is 9.78 Å². The molecule has 0 unspecified atom stereocenters. The summed E-state index contributed by atoms with van der Waals surface area (Å²) in [7, 11) is 2.43. The number of nitrogens with one attached hydrogen (secondary N) is 1. The van der Waals surface area contributed by atoms with E-state index in [0.29, 0.717) is 16.4 Å². The monoisotopic (exact) mass is 349 g/mol. The molecule has 0 aliphatic rings. The van der Waals surface area contributed by atoms with Gasteiger partial charge in [-0.15, -0.1) is 0 Å². The number of aromatic nitrogens is 2. The number of carbonyl (C=O) groups is 2. The third-order valence-electron chi connectivity index (χ3n) is 3.07. The topological polar surface area (TPSA) is 82.5 Å². The minimum absolute atomic E-state index is 0.0863. The van der Waals surface area contributed by atoms with E-state index in [0.717, 1.165) is 11.6 Å². The Labute approximate surface area is 143 Å². The molecule has 7 nitrogen and oxygen atoms in total. The zero-order valence-corrected chi connectivity index (χ0v) is 14.1. The normalized spacial score (nSPS) is 11.1. The van der Waals surface area contributed by atoms with E-state index in [9.17, 15) is 9.59 Å². The number of methoxy groups -OCH3 is 2. The number of carbonyl (C=O) groups excluding carboxylic acids is 2. The van der Waals surface area contributed by atoms with Crippen LogP contribution in [0.25, 0.3) is 5.69 Å². The van der Waals surface area contributed by atoms with Crippen LogP contribution in [-0.4, -0.2) is 35.9 Å². The summed E-state index contributed by atoms with van der Waals surface area (Å²) in [4.78, 5) is 23.4. The first-order valence-corrected chi connectivity index (χ1v) is 7.29. The summed E-state index contributed by atoms with van der Waals surface area (Å²) in [5.41, 5.74) is 1.87. The van der Waals surface area contributed by atoms with Crippen molar-refractivity contribution in [2.24, 2.45) is 0 Å². The molecule has 0 aliphatic heterocycles. The van der Waals surface area contributed by atoms with E-state index < -0.39 is 11.9 Å². The first-order valence-electron chi connectivity index (χ1n) is 6.91. The first-order chi connectivity index (χ1) is 11.5. The molecule has 0 saturated heterocycles. The molecule has 2 rings (SSSR count). The molecule has 0 saturated carbocycles. The third kappa shape index (κ3) is 3.94. The summed E-state index contributed by atoms with van der Waals surface area (Å²) in [6, 6.07) is 5.10. The van der Waals surface area contributed by atoms with Crippen molar-refractivity contribution in [1.29, 1.82) is 0 Å². The number of anilines is 1. The Morgan fingerprint density at radius 2 is 2.04 bits per heavy atom. The minimum Gasteiger partial charge on any atom is -0.466 e. The molecule has 0 atom stereocenters. The number of ether oxygens (including phenoxy) is 2. The fourth-order valence-electron chi connectivity index (χ4n) is 1.96. The zero-order valence-electron chi connectivity index (χ0n) is 13.4. The SMILES string of the molecule is COC(=O)/C=C(/Nc1cccc(Cl)c1-n1cc(C)cn1)C(=O)OC. The molecule has 0 spiro atoms. The summed E-state index contributed by atoms with van der Waals surface area (Å²) in [5, 5.41) is 7.50. The fraction of sp³-hybridized carbons (Fsp3) is 0.188. The van der Waals surface area contributed by atoms with Crippen molar-refractivity contribution >= 4 is 29.2 Å². The van der Waals surface area contributed by atoms with Gasteiger partial charge in [-0.3, -0.25) is 0 Å². The molecule has 0 amide bonds. The largest absolute Gasteiger partial charge is 0.466 e. The molecular formula is C16H16ClN3O4. The second kappa shape index (κ2) is 7.65. The van der Waals surface area contributed by atoms with E-state index in [4.69, 9.17) is 11.6 Å². The predicted octanol–water partition coefficient (Wildman–Crippen LogP) is 2.48. The van der Waals surface area contributed by atoms with Gasteiger partial charge in [-0.2, -0.15) is 5.10 Å². The first kappa shape index (κ1) is 17.6. The van der Waals surface area contributed by atoms with E-state index in [2.05, 4.69) is 19.9 Å². The Morgan fingerprint density at radius 3 is 2.62 bits per heavy atom. The van der Waals surface area contributed by atoms with Crippen LogP contribution in [0.15, 0.2) is 42.4 Å². The van der Waals surface area contributed by atoms with Gasteiger partial charge in [-0.25, -0.2) is 14.3 Å². The molecule has 0 radical (unpaired) electrons. The van der Waals surface area contributed by atoms with Gasteiger partial charge >= 0.3 is 11.9 Å². The molecule has 126 valence electrons. The van der Waals surface area contributed by atoms with E-state index in [1.807, 2.05) is 6.92 Å². The van der Waals surface area contributed by atoms with Crippen LogP contribution >= 0.6 is 11.6 Å². The number of aryl methyl sites for hydroxylation is 1. The minimum atomic E-state index is -0.719. The lowest BCUT2D eigenvalue weighted by molar-refractivity contribution is -0.138. The highest BCUT2D eigenvalue weighted by molar-refractivity contribution is 6.33. The van der Waals surface area contributed by atoms with Crippen molar-refractivity contribution in [2.75, 3.05) is 19.5 Å². The molecule has 0 aliphatic carbocycles. The Morgan fingerprint density at radius 1 is 1.29 bits per heavy atom. The van der Waals surface area contributed by atoms with Crippen LogP contribution < -0.4 is 5.32 Å². The summed E-state index contributed by atoms with van der Waals surface area (Å²) in [6.07, 6.45) is 4.47. The van der Waals surface area contributed by atoms with Crippen LogP contribution in [0.5, 0.6) is 0 Å². The number of esters is 2. The van der Waals surface area contributed by atoms with E-state index in [1.165, 1.54) is 14.2 Å². The standard InChI is InChI=1S/C16H16ClN3O4/c1-10-8-18-20(9-10)15-11(17)5-4-6-12(15)19-13(16(22)24-3)7-14(21)23-2/h4-9,19H,1-3H3/b13-7+. The number of hydrogen-bond acceptors (Lipinski definition) is 6. The van der Waals surface area contributed by atoms with Gasteiger partial charge < -0.3 is 14.8 Å². The van der Waals surface area contributed by atoms with Gasteiger partial charge in [0, 0.05) is 6.20 Å². The second-order valence-electron chi connectivity index (χ2n) is 4.80. The number of benzene rings is 1. The van der Waals surface area contributed by atoms with E-state index >= 15 is 0 Å². The van der Waals surface area contributed by atoms with Crippen molar-refractivity contribution < 1.29 is 19.1 Å². The van der Waals surface area contributed by atoms with Crippen LogP contribution in [0.1, 0.15) is 5.56 Å². The van der Waals surface area contributed by atoms with Crippen LogP contribution in [0.3, 0.4) is 0 Å².